The van der Waals surface area contributed by atoms with E-state index in [4.69, 9.17) is 0 Å². The number of carbonyl (C=O) groups is 1. The largest absolute Gasteiger partial charge is 0.416 e. The van der Waals surface area contributed by atoms with Crippen molar-refractivity contribution in [3.05, 3.63) is 28.2 Å². The molecule has 1 aliphatic rings. The van der Waals surface area contributed by atoms with E-state index >= 15 is 0 Å². The fourth-order valence-electron chi connectivity index (χ4n) is 2.83. The molecule has 1 amide bonds. The lowest BCUT2D eigenvalue weighted by molar-refractivity contribution is -0.137. The van der Waals surface area contributed by atoms with Crippen LogP contribution in [0.15, 0.2) is 22.7 Å². The van der Waals surface area contributed by atoms with Gasteiger partial charge < -0.3 is 5.32 Å². The summed E-state index contributed by atoms with van der Waals surface area (Å²) < 4.78 is 38.6. The molecule has 0 saturated heterocycles. The Morgan fingerprint density at radius 1 is 1.38 bits per heavy atom. The number of anilines is 1. The molecule has 1 N–H and O–H groups in total. The maximum atomic E-state index is 12.7. The average molecular weight is 364 g/mol. The summed E-state index contributed by atoms with van der Waals surface area (Å²) in [5.41, 5.74) is -0.720. The molecule has 1 atom stereocenters. The van der Waals surface area contributed by atoms with Crippen molar-refractivity contribution in [1.29, 1.82) is 0 Å². The van der Waals surface area contributed by atoms with Crippen LogP contribution in [0.2, 0.25) is 0 Å². The molecule has 21 heavy (non-hydrogen) atoms. The van der Waals surface area contributed by atoms with Crippen molar-refractivity contribution in [2.45, 2.75) is 39.3 Å². The highest BCUT2D eigenvalue weighted by atomic mass is 79.9. The molecule has 116 valence electrons. The molecule has 0 aromatic heterocycles. The predicted molar refractivity (Wildman–Crippen MR) is 78.9 cm³/mol. The highest BCUT2D eigenvalue weighted by molar-refractivity contribution is 9.10. The first-order valence-corrected chi connectivity index (χ1v) is 7.58. The number of amides is 1. The summed E-state index contributed by atoms with van der Waals surface area (Å²) in [7, 11) is 0. The van der Waals surface area contributed by atoms with Crippen LogP contribution in [0.5, 0.6) is 0 Å². The first-order chi connectivity index (χ1) is 9.61. The highest BCUT2D eigenvalue weighted by Crippen LogP contribution is 2.43. The number of rotatable bonds is 2. The molecule has 1 aromatic carbocycles. The van der Waals surface area contributed by atoms with Gasteiger partial charge in [-0.3, -0.25) is 4.79 Å². The first kappa shape index (κ1) is 16.3. The minimum atomic E-state index is -4.42. The van der Waals surface area contributed by atoms with Crippen molar-refractivity contribution >= 4 is 27.5 Å². The second-order valence-corrected chi connectivity index (χ2v) is 6.97. The van der Waals surface area contributed by atoms with Gasteiger partial charge in [0.05, 0.1) is 11.3 Å². The Morgan fingerprint density at radius 3 is 2.57 bits per heavy atom. The molecule has 2 nitrogen and oxygen atoms in total. The zero-order valence-corrected chi connectivity index (χ0v) is 13.4. The molecule has 2 rings (SSSR count). The number of carbonyl (C=O) groups excluding carboxylic acids is 1. The van der Waals surface area contributed by atoms with Crippen LogP contribution in [0.4, 0.5) is 18.9 Å². The van der Waals surface area contributed by atoms with E-state index in [0.29, 0.717) is 4.47 Å². The lowest BCUT2D eigenvalue weighted by Crippen LogP contribution is -2.31. The Hall–Kier alpha value is -1.04. The van der Waals surface area contributed by atoms with E-state index in [1.54, 1.807) is 0 Å². The lowest BCUT2D eigenvalue weighted by Gasteiger charge is -2.26. The number of hydrogen-bond donors (Lipinski definition) is 1. The Labute approximate surface area is 130 Å². The number of hydrogen-bond acceptors (Lipinski definition) is 1. The monoisotopic (exact) mass is 363 g/mol. The lowest BCUT2D eigenvalue weighted by atomic mass is 9.81. The van der Waals surface area contributed by atoms with Gasteiger partial charge in [0.15, 0.2) is 0 Å². The zero-order chi connectivity index (χ0) is 15.8. The zero-order valence-electron chi connectivity index (χ0n) is 11.9. The number of nitrogens with one attached hydrogen (secondary N) is 1. The number of benzene rings is 1. The second-order valence-electron chi connectivity index (χ2n) is 6.12. The summed E-state index contributed by atoms with van der Waals surface area (Å²) in [6.07, 6.45) is -1.73. The fraction of sp³-hybridized carbons (Fsp3) is 0.533. The summed E-state index contributed by atoms with van der Waals surface area (Å²) in [6.45, 7) is 4.04. The molecule has 1 aromatic rings. The third kappa shape index (κ3) is 3.59. The molecule has 0 heterocycles. The minimum Gasteiger partial charge on any atom is -0.325 e. The van der Waals surface area contributed by atoms with E-state index in [1.165, 1.54) is 6.07 Å². The maximum Gasteiger partial charge on any atom is 0.416 e. The van der Waals surface area contributed by atoms with Crippen LogP contribution in [0.3, 0.4) is 0 Å². The molecule has 0 bridgehead atoms. The molecule has 0 aliphatic heterocycles. The molecule has 6 heteroatoms. The smallest absolute Gasteiger partial charge is 0.325 e. The van der Waals surface area contributed by atoms with E-state index in [0.717, 1.165) is 31.4 Å². The SMILES string of the molecule is CC1(C)CCCC1C(=O)Nc1cc(C(F)(F)F)ccc1Br. The van der Waals surface area contributed by atoms with Crippen molar-refractivity contribution in [3.8, 4) is 0 Å². The van der Waals surface area contributed by atoms with Gasteiger partial charge in [-0.25, -0.2) is 0 Å². The van der Waals surface area contributed by atoms with Gasteiger partial charge in [0.25, 0.3) is 0 Å². The molecule has 0 radical (unpaired) electrons. The van der Waals surface area contributed by atoms with Gasteiger partial charge in [0.1, 0.15) is 0 Å². The quantitative estimate of drug-likeness (QED) is 0.765. The van der Waals surface area contributed by atoms with Gasteiger partial charge in [-0.05, 0) is 52.4 Å². The van der Waals surface area contributed by atoms with Crippen LogP contribution >= 0.6 is 15.9 Å². The van der Waals surface area contributed by atoms with E-state index < -0.39 is 11.7 Å². The summed E-state index contributed by atoms with van der Waals surface area (Å²) in [5, 5.41) is 2.63. The predicted octanol–water partition coefficient (Wildman–Crippen LogP) is 5.23. The van der Waals surface area contributed by atoms with Crippen LogP contribution in [0, 0.1) is 11.3 Å². The molecule has 1 fully saturated rings. The van der Waals surface area contributed by atoms with Crippen LogP contribution in [-0.4, -0.2) is 5.91 Å². The van der Waals surface area contributed by atoms with Gasteiger partial charge in [0.2, 0.25) is 5.91 Å². The van der Waals surface area contributed by atoms with Gasteiger partial charge >= 0.3 is 6.18 Å². The van der Waals surface area contributed by atoms with Crippen molar-refractivity contribution in [2.75, 3.05) is 5.32 Å². The van der Waals surface area contributed by atoms with Gasteiger partial charge in [-0.15, -0.1) is 0 Å². The maximum absolute atomic E-state index is 12.7. The third-order valence-electron chi connectivity index (χ3n) is 4.13. The normalized spacial score (nSPS) is 21.3. The van der Waals surface area contributed by atoms with Crippen molar-refractivity contribution in [3.63, 3.8) is 0 Å². The molecule has 1 saturated carbocycles. The highest BCUT2D eigenvalue weighted by Gasteiger charge is 2.39. The fourth-order valence-corrected chi connectivity index (χ4v) is 3.18. The standard InChI is InChI=1S/C15H17BrF3NO/c1-14(2)7-3-4-10(14)13(21)20-12-8-9(15(17,18)19)5-6-11(12)16/h5-6,8,10H,3-4,7H2,1-2H3,(H,20,21). The van der Waals surface area contributed by atoms with Crippen LogP contribution in [0.25, 0.3) is 0 Å². The Balaban J connectivity index is 2.21. The third-order valence-corrected chi connectivity index (χ3v) is 4.82. The number of halogens is 4. The number of alkyl halides is 3. The van der Waals surface area contributed by atoms with Gasteiger partial charge in [-0.2, -0.15) is 13.2 Å². The minimum absolute atomic E-state index is 0.113. The molecule has 1 unspecified atom stereocenters. The summed E-state index contributed by atoms with van der Waals surface area (Å²) in [6, 6.07) is 3.25. The average Bonchev–Trinajstić information content (AvgIpc) is 2.70. The molecular formula is C15H17BrF3NO. The Morgan fingerprint density at radius 2 is 2.05 bits per heavy atom. The molecule has 1 aliphatic carbocycles. The van der Waals surface area contributed by atoms with Gasteiger partial charge in [0, 0.05) is 10.4 Å². The van der Waals surface area contributed by atoms with Crippen LogP contribution in [-0.2, 0) is 11.0 Å². The summed E-state index contributed by atoms with van der Waals surface area (Å²) >= 11 is 3.18. The first-order valence-electron chi connectivity index (χ1n) is 6.79. The van der Waals surface area contributed by atoms with Crippen LogP contribution in [0.1, 0.15) is 38.7 Å². The topological polar surface area (TPSA) is 29.1 Å². The summed E-state index contributed by atoms with van der Waals surface area (Å²) in [4.78, 5) is 12.3. The molecule has 0 spiro atoms. The Bertz CT molecular complexity index is 554. The molecular weight excluding hydrogens is 347 g/mol. The van der Waals surface area contributed by atoms with Crippen LogP contribution < -0.4 is 5.32 Å². The Kier molecular flexibility index (Phi) is 4.38. The summed E-state index contributed by atoms with van der Waals surface area (Å²) in [5.74, 6) is -0.378. The second kappa shape index (κ2) is 5.63. The van der Waals surface area contributed by atoms with E-state index in [2.05, 4.69) is 21.2 Å². The van der Waals surface area contributed by atoms with E-state index in [1.807, 2.05) is 13.8 Å². The van der Waals surface area contributed by atoms with Crippen molar-refractivity contribution in [1.82, 2.24) is 0 Å². The van der Waals surface area contributed by atoms with Crippen molar-refractivity contribution < 1.29 is 18.0 Å². The van der Waals surface area contributed by atoms with Crippen molar-refractivity contribution in [2.24, 2.45) is 11.3 Å². The van der Waals surface area contributed by atoms with E-state index in [9.17, 15) is 18.0 Å². The van der Waals surface area contributed by atoms with E-state index in [-0.39, 0.29) is 22.9 Å². The van der Waals surface area contributed by atoms with Gasteiger partial charge in [-0.1, -0.05) is 20.3 Å².